The monoisotopic (exact) mass is 379 g/mol. The number of hydrogen-bond donors (Lipinski definition) is 1. The van der Waals surface area contributed by atoms with E-state index in [9.17, 15) is 9.18 Å². The Labute approximate surface area is 158 Å². The van der Waals surface area contributed by atoms with E-state index < -0.39 is 11.2 Å². The van der Waals surface area contributed by atoms with Crippen LogP contribution in [0.2, 0.25) is 5.02 Å². The number of benzene rings is 2. The van der Waals surface area contributed by atoms with E-state index in [1.807, 2.05) is 0 Å². The van der Waals surface area contributed by atoms with Gasteiger partial charge in [0, 0.05) is 17.7 Å². The van der Waals surface area contributed by atoms with E-state index in [2.05, 4.69) is 5.32 Å². The summed E-state index contributed by atoms with van der Waals surface area (Å²) in [5.41, 5.74) is -1.76. The topological polar surface area (TPSA) is 47.6 Å². The zero-order valence-corrected chi connectivity index (χ0v) is 16.1. The minimum atomic E-state index is -1.13. The van der Waals surface area contributed by atoms with Gasteiger partial charge in [0.25, 0.3) is 5.91 Å². The summed E-state index contributed by atoms with van der Waals surface area (Å²) < 4.78 is 25.4. The number of hydrogen-bond acceptors (Lipinski definition) is 3. The van der Waals surface area contributed by atoms with Crippen molar-refractivity contribution in [2.24, 2.45) is 0 Å². The lowest BCUT2D eigenvalue weighted by atomic mass is 9.94. The molecule has 0 aliphatic carbocycles. The van der Waals surface area contributed by atoms with Crippen LogP contribution in [0.3, 0.4) is 0 Å². The van der Waals surface area contributed by atoms with Crippen LogP contribution in [0.25, 0.3) is 0 Å². The molecule has 0 aromatic heterocycles. The van der Waals surface area contributed by atoms with Crippen molar-refractivity contribution in [3.05, 3.63) is 64.9 Å². The quantitative estimate of drug-likeness (QED) is 0.779. The van der Waals surface area contributed by atoms with Crippen LogP contribution >= 0.6 is 11.6 Å². The largest absolute Gasteiger partial charge is 0.478 e. The number of carbonyl (C=O) groups is 1. The molecule has 4 nitrogen and oxygen atoms in total. The van der Waals surface area contributed by atoms with Gasteiger partial charge in [-0.25, -0.2) is 4.39 Å². The standard InChI is InChI=1S/C20H23ClFNO3/c1-19(2,26-15-11-9-14(21)10-12-15)18(24)23-13-20(3,25-4)16-7-5-6-8-17(16)22/h5-12H,13H2,1-4H3,(H,23,24). The molecule has 6 heteroatoms. The number of carbonyl (C=O) groups excluding carboxylic acids is 1. The third-order valence-electron chi connectivity index (χ3n) is 4.21. The Morgan fingerprint density at radius 2 is 1.73 bits per heavy atom. The summed E-state index contributed by atoms with van der Waals surface area (Å²) in [5, 5.41) is 3.37. The molecule has 1 N–H and O–H groups in total. The summed E-state index contributed by atoms with van der Waals surface area (Å²) in [5.74, 6) is -0.201. The Hall–Kier alpha value is -2.11. The summed E-state index contributed by atoms with van der Waals surface area (Å²) in [6, 6.07) is 13.1. The lowest BCUT2D eigenvalue weighted by Gasteiger charge is -2.32. The second kappa shape index (κ2) is 8.06. The fraction of sp³-hybridized carbons (Fsp3) is 0.350. The van der Waals surface area contributed by atoms with Gasteiger partial charge in [-0.15, -0.1) is 0 Å². The molecule has 0 aliphatic heterocycles. The molecule has 0 saturated carbocycles. The number of halogens is 2. The Kier molecular flexibility index (Phi) is 6.26. The predicted octanol–water partition coefficient (Wildman–Crippen LogP) is 4.31. The second-order valence-corrected chi connectivity index (χ2v) is 7.10. The smallest absolute Gasteiger partial charge is 0.263 e. The van der Waals surface area contributed by atoms with E-state index in [-0.39, 0.29) is 18.3 Å². The molecule has 0 spiro atoms. The Morgan fingerprint density at radius 3 is 2.31 bits per heavy atom. The average Bonchev–Trinajstić information content (AvgIpc) is 2.61. The minimum absolute atomic E-state index is 0.0939. The van der Waals surface area contributed by atoms with Crippen LogP contribution in [-0.4, -0.2) is 25.2 Å². The van der Waals surface area contributed by atoms with Crippen molar-refractivity contribution in [3.8, 4) is 5.75 Å². The van der Waals surface area contributed by atoms with Gasteiger partial charge in [-0.3, -0.25) is 4.79 Å². The third kappa shape index (κ3) is 4.74. The summed E-state index contributed by atoms with van der Waals surface area (Å²) in [6.07, 6.45) is 0. The number of methoxy groups -OCH3 is 1. The molecule has 0 heterocycles. The van der Waals surface area contributed by atoms with Crippen molar-refractivity contribution in [2.75, 3.05) is 13.7 Å². The first-order valence-electron chi connectivity index (χ1n) is 8.21. The van der Waals surface area contributed by atoms with E-state index in [1.165, 1.54) is 13.2 Å². The fourth-order valence-electron chi connectivity index (χ4n) is 2.47. The maximum atomic E-state index is 14.1. The average molecular weight is 380 g/mol. The molecule has 1 amide bonds. The first-order valence-corrected chi connectivity index (χ1v) is 8.59. The van der Waals surface area contributed by atoms with Crippen LogP contribution in [-0.2, 0) is 15.1 Å². The predicted molar refractivity (Wildman–Crippen MR) is 99.9 cm³/mol. The molecule has 0 saturated heterocycles. The van der Waals surface area contributed by atoms with Gasteiger partial charge in [0.1, 0.15) is 17.2 Å². The summed E-state index contributed by atoms with van der Waals surface area (Å²) in [4.78, 5) is 12.6. The van der Waals surface area contributed by atoms with Crippen LogP contribution in [0.1, 0.15) is 26.3 Å². The van der Waals surface area contributed by atoms with Crippen LogP contribution in [0.15, 0.2) is 48.5 Å². The molecule has 0 aliphatic rings. The molecular formula is C20H23ClFNO3. The third-order valence-corrected chi connectivity index (χ3v) is 4.47. The van der Waals surface area contributed by atoms with Gasteiger partial charge >= 0.3 is 0 Å². The highest BCUT2D eigenvalue weighted by molar-refractivity contribution is 6.30. The molecule has 1 unspecified atom stereocenters. The lowest BCUT2D eigenvalue weighted by Crippen LogP contribution is -2.50. The highest BCUT2D eigenvalue weighted by atomic mass is 35.5. The molecule has 2 aromatic rings. The van der Waals surface area contributed by atoms with E-state index in [4.69, 9.17) is 21.1 Å². The number of amides is 1. The van der Waals surface area contributed by atoms with Crippen LogP contribution in [0, 0.1) is 5.82 Å². The van der Waals surface area contributed by atoms with Gasteiger partial charge in [-0.05, 0) is 51.1 Å². The normalized spacial score (nSPS) is 13.8. The first-order chi connectivity index (χ1) is 12.2. The van der Waals surface area contributed by atoms with Crippen LogP contribution in [0.5, 0.6) is 5.75 Å². The van der Waals surface area contributed by atoms with E-state index >= 15 is 0 Å². The zero-order chi connectivity index (χ0) is 19.4. The van der Waals surface area contributed by atoms with Gasteiger partial charge < -0.3 is 14.8 Å². The molecule has 2 rings (SSSR count). The maximum Gasteiger partial charge on any atom is 0.263 e. The number of nitrogens with one attached hydrogen (secondary N) is 1. The molecule has 2 aromatic carbocycles. The van der Waals surface area contributed by atoms with Crippen molar-refractivity contribution in [1.29, 1.82) is 0 Å². The summed E-state index contributed by atoms with van der Waals surface area (Å²) in [6.45, 7) is 5.13. The highest BCUT2D eigenvalue weighted by Gasteiger charge is 2.34. The fourth-order valence-corrected chi connectivity index (χ4v) is 2.60. The minimum Gasteiger partial charge on any atom is -0.478 e. The second-order valence-electron chi connectivity index (χ2n) is 6.66. The van der Waals surface area contributed by atoms with Crippen molar-refractivity contribution >= 4 is 17.5 Å². The zero-order valence-electron chi connectivity index (χ0n) is 15.3. The lowest BCUT2D eigenvalue weighted by molar-refractivity contribution is -0.135. The molecule has 140 valence electrons. The first kappa shape index (κ1) is 20.2. The van der Waals surface area contributed by atoms with Gasteiger partial charge in [-0.2, -0.15) is 0 Å². The van der Waals surface area contributed by atoms with Gasteiger partial charge in [-0.1, -0.05) is 29.8 Å². The molecule has 0 radical (unpaired) electrons. The van der Waals surface area contributed by atoms with Gasteiger partial charge in [0.2, 0.25) is 0 Å². The van der Waals surface area contributed by atoms with Crippen molar-refractivity contribution < 1.29 is 18.7 Å². The number of rotatable bonds is 7. The highest BCUT2D eigenvalue weighted by Crippen LogP contribution is 2.27. The SMILES string of the molecule is COC(C)(CNC(=O)C(C)(C)Oc1ccc(Cl)cc1)c1ccccc1F. The molecule has 0 bridgehead atoms. The molecular weight excluding hydrogens is 357 g/mol. The molecule has 0 fully saturated rings. The molecule has 26 heavy (non-hydrogen) atoms. The molecule has 1 atom stereocenters. The van der Waals surface area contributed by atoms with Gasteiger partial charge in [0.05, 0.1) is 6.54 Å². The van der Waals surface area contributed by atoms with Crippen molar-refractivity contribution in [1.82, 2.24) is 5.32 Å². The summed E-state index contributed by atoms with van der Waals surface area (Å²) >= 11 is 5.85. The van der Waals surface area contributed by atoms with E-state index in [0.29, 0.717) is 16.3 Å². The van der Waals surface area contributed by atoms with Gasteiger partial charge in [0.15, 0.2) is 5.60 Å². The van der Waals surface area contributed by atoms with Crippen LogP contribution < -0.4 is 10.1 Å². The Morgan fingerprint density at radius 1 is 1.12 bits per heavy atom. The van der Waals surface area contributed by atoms with Crippen molar-refractivity contribution in [3.63, 3.8) is 0 Å². The Balaban J connectivity index is 2.07. The number of ether oxygens (including phenoxy) is 2. The van der Waals surface area contributed by atoms with Crippen LogP contribution in [0.4, 0.5) is 4.39 Å². The van der Waals surface area contributed by atoms with E-state index in [0.717, 1.165) is 0 Å². The van der Waals surface area contributed by atoms with E-state index in [1.54, 1.807) is 63.2 Å². The Bertz CT molecular complexity index is 764. The summed E-state index contributed by atoms with van der Waals surface area (Å²) in [7, 11) is 1.48. The maximum absolute atomic E-state index is 14.1. The van der Waals surface area contributed by atoms with Crippen molar-refractivity contribution in [2.45, 2.75) is 32.0 Å².